The molecule has 0 saturated carbocycles. The van der Waals surface area contributed by atoms with Crippen LogP contribution in [0, 0.1) is 17.1 Å². The fraction of sp³-hybridized carbons (Fsp3) is 0.417. The Morgan fingerprint density at radius 2 is 2.38 bits per heavy atom. The number of hydrogen-bond donors (Lipinski definition) is 0. The van der Waals surface area contributed by atoms with E-state index in [1.54, 1.807) is 12.1 Å². The van der Waals surface area contributed by atoms with E-state index in [9.17, 15) is 4.39 Å². The summed E-state index contributed by atoms with van der Waals surface area (Å²) in [5.41, 5.74) is 0.145. The van der Waals surface area contributed by atoms with Crippen LogP contribution in [0.2, 0.25) is 0 Å². The van der Waals surface area contributed by atoms with Crippen molar-refractivity contribution in [1.82, 2.24) is 0 Å². The molecule has 1 aliphatic rings. The van der Waals surface area contributed by atoms with Crippen LogP contribution in [-0.2, 0) is 4.74 Å². The topological polar surface area (TPSA) is 33.0 Å². The fourth-order valence-corrected chi connectivity index (χ4v) is 2.97. The summed E-state index contributed by atoms with van der Waals surface area (Å²) in [5, 5.41) is 9.22. The summed E-state index contributed by atoms with van der Waals surface area (Å²) in [4.78, 5) is 0.713. The molecule has 16 heavy (non-hydrogen) atoms. The molecule has 0 unspecified atom stereocenters. The minimum Gasteiger partial charge on any atom is -0.377 e. The molecule has 1 aromatic rings. The molecule has 0 spiro atoms. The molecule has 4 heteroatoms. The Morgan fingerprint density at radius 1 is 1.56 bits per heavy atom. The van der Waals surface area contributed by atoms with Gasteiger partial charge in [-0.05, 0) is 25.5 Å². The van der Waals surface area contributed by atoms with E-state index in [0.717, 1.165) is 13.0 Å². The van der Waals surface area contributed by atoms with Gasteiger partial charge in [-0.3, -0.25) is 0 Å². The molecule has 2 atom stereocenters. The van der Waals surface area contributed by atoms with Gasteiger partial charge in [0.15, 0.2) is 0 Å². The van der Waals surface area contributed by atoms with E-state index in [1.807, 2.05) is 13.0 Å². The summed E-state index contributed by atoms with van der Waals surface area (Å²) in [7, 11) is 0. The highest BCUT2D eigenvalue weighted by atomic mass is 32.2. The largest absolute Gasteiger partial charge is 0.377 e. The maximum absolute atomic E-state index is 13.4. The Balaban J connectivity index is 2.21. The summed E-state index contributed by atoms with van der Waals surface area (Å²) >= 11 is 1.54. The number of ether oxygens (including phenoxy) is 1. The van der Waals surface area contributed by atoms with Crippen molar-refractivity contribution in [2.45, 2.75) is 29.6 Å². The summed E-state index contributed by atoms with van der Waals surface area (Å²) in [5.74, 6) is -0.445. The van der Waals surface area contributed by atoms with Crippen molar-refractivity contribution < 1.29 is 9.13 Å². The summed E-state index contributed by atoms with van der Waals surface area (Å²) in [6.07, 6.45) is 1.12. The Hall–Kier alpha value is -1.05. The average Bonchev–Trinajstić information content (AvgIpc) is 2.65. The molecule has 2 nitrogen and oxygen atoms in total. The minimum atomic E-state index is -0.445. The third-order valence-electron chi connectivity index (χ3n) is 2.67. The molecule has 0 aromatic heterocycles. The van der Waals surface area contributed by atoms with Gasteiger partial charge in [0.2, 0.25) is 0 Å². The smallest absolute Gasteiger partial charge is 0.142 e. The molecule has 1 aliphatic heterocycles. The lowest BCUT2D eigenvalue weighted by Gasteiger charge is -2.14. The second kappa shape index (κ2) is 4.86. The van der Waals surface area contributed by atoms with E-state index in [0.29, 0.717) is 10.1 Å². The normalized spacial score (nSPS) is 24.3. The van der Waals surface area contributed by atoms with Crippen LogP contribution in [0.15, 0.2) is 23.1 Å². The Bertz CT molecular complexity index is 430. The highest BCUT2D eigenvalue weighted by Crippen LogP contribution is 2.34. The van der Waals surface area contributed by atoms with Crippen LogP contribution >= 0.6 is 11.8 Å². The quantitative estimate of drug-likeness (QED) is 0.792. The number of nitrogens with zero attached hydrogens (tertiary/aromatic N) is 1. The standard InChI is InChI=1S/C12H12FNOS/c1-8-11(5-6-15-8)16-12-4-2-3-10(13)9(12)7-14/h2-4,8,11H,5-6H2,1H3/t8-,11+/m1/s1. The molecule has 0 bridgehead atoms. The van der Waals surface area contributed by atoms with Crippen molar-refractivity contribution in [3.05, 3.63) is 29.6 Å². The van der Waals surface area contributed by atoms with Crippen LogP contribution in [0.1, 0.15) is 18.9 Å². The highest BCUT2D eigenvalue weighted by molar-refractivity contribution is 8.00. The molecule has 1 heterocycles. The predicted molar refractivity (Wildman–Crippen MR) is 60.8 cm³/mol. The number of rotatable bonds is 2. The first-order chi connectivity index (χ1) is 7.72. The van der Waals surface area contributed by atoms with Crippen LogP contribution in [0.25, 0.3) is 0 Å². The van der Waals surface area contributed by atoms with Crippen LogP contribution in [0.4, 0.5) is 4.39 Å². The van der Waals surface area contributed by atoms with Crippen LogP contribution in [0.5, 0.6) is 0 Å². The van der Waals surface area contributed by atoms with Gasteiger partial charge in [-0.15, -0.1) is 11.8 Å². The molecule has 2 rings (SSSR count). The lowest BCUT2D eigenvalue weighted by molar-refractivity contribution is 0.127. The number of thioether (sulfide) groups is 1. The zero-order valence-electron chi connectivity index (χ0n) is 8.94. The average molecular weight is 237 g/mol. The zero-order chi connectivity index (χ0) is 11.5. The first-order valence-electron chi connectivity index (χ1n) is 5.19. The van der Waals surface area contributed by atoms with Gasteiger partial charge in [-0.25, -0.2) is 4.39 Å². The maximum atomic E-state index is 13.4. The fourth-order valence-electron chi connectivity index (χ4n) is 1.74. The van der Waals surface area contributed by atoms with Gasteiger partial charge >= 0.3 is 0 Å². The number of halogens is 1. The van der Waals surface area contributed by atoms with Crippen molar-refractivity contribution in [1.29, 1.82) is 5.26 Å². The minimum absolute atomic E-state index is 0.145. The van der Waals surface area contributed by atoms with E-state index >= 15 is 0 Å². The molecular weight excluding hydrogens is 225 g/mol. The summed E-state index contributed by atoms with van der Waals surface area (Å²) in [6.45, 7) is 2.76. The van der Waals surface area contributed by atoms with Gasteiger partial charge in [-0.1, -0.05) is 6.07 Å². The van der Waals surface area contributed by atoms with E-state index < -0.39 is 5.82 Å². The second-order valence-corrected chi connectivity index (χ2v) is 5.03. The van der Waals surface area contributed by atoms with E-state index in [1.165, 1.54) is 17.8 Å². The van der Waals surface area contributed by atoms with Crippen molar-refractivity contribution in [3.63, 3.8) is 0 Å². The van der Waals surface area contributed by atoms with Crippen molar-refractivity contribution >= 4 is 11.8 Å². The van der Waals surface area contributed by atoms with E-state index in [2.05, 4.69) is 0 Å². The Kier molecular flexibility index (Phi) is 3.47. The van der Waals surface area contributed by atoms with Gasteiger partial charge in [0.25, 0.3) is 0 Å². The lowest BCUT2D eigenvalue weighted by atomic mass is 10.2. The number of nitriles is 1. The van der Waals surface area contributed by atoms with E-state index in [-0.39, 0.29) is 11.7 Å². The second-order valence-electron chi connectivity index (χ2n) is 3.75. The highest BCUT2D eigenvalue weighted by Gasteiger charge is 2.26. The van der Waals surface area contributed by atoms with Crippen molar-refractivity contribution in [2.75, 3.05) is 6.61 Å². The summed E-state index contributed by atoms with van der Waals surface area (Å²) < 4.78 is 18.8. The summed E-state index contributed by atoms with van der Waals surface area (Å²) in [6, 6.07) is 6.66. The SMILES string of the molecule is C[C@H]1OCC[C@@H]1Sc1cccc(F)c1C#N. The first-order valence-corrected chi connectivity index (χ1v) is 6.07. The van der Waals surface area contributed by atoms with Gasteiger partial charge in [0.05, 0.1) is 6.10 Å². The molecule has 0 aliphatic carbocycles. The third kappa shape index (κ3) is 2.21. The van der Waals surface area contributed by atoms with Crippen molar-refractivity contribution in [2.24, 2.45) is 0 Å². The molecule has 1 fully saturated rings. The van der Waals surface area contributed by atoms with Crippen LogP contribution in [0.3, 0.4) is 0 Å². The number of hydrogen-bond acceptors (Lipinski definition) is 3. The number of benzene rings is 1. The van der Waals surface area contributed by atoms with Crippen LogP contribution in [-0.4, -0.2) is 18.0 Å². The molecule has 0 N–H and O–H groups in total. The van der Waals surface area contributed by atoms with Gasteiger partial charge in [-0.2, -0.15) is 5.26 Å². The van der Waals surface area contributed by atoms with Crippen LogP contribution < -0.4 is 0 Å². The predicted octanol–water partition coefficient (Wildman–Crippen LogP) is 2.97. The maximum Gasteiger partial charge on any atom is 0.142 e. The monoisotopic (exact) mass is 237 g/mol. The third-order valence-corrected chi connectivity index (χ3v) is 4.19. The molecule has 0 radical (unpaired) electrons. The zero-order valence-corrected chi connectivity index (χ0v) is 9.76. The molecule has 1 saturated heterocycles. The molecule has 0 amide bonds. The van der Waals surface area contributed by atoms with Gasteiger partial charge < -0.3 is 4.74 Å². The Morgan fingerprint density at radius 3 is 3.00 bits per heavy atom. The van der Waals surface area contributed by atoms with Gasteiger partial charge in [0, 0.05) is 16.8 Å². The first kappa shape index (κ1) is 11.4. The van der Waals surface area contributed by atoms with Crippen molar-refractivity contribution in [3.8, 4) is 6.07 Å². The molecular formula is C12H12FNOS. The molecule has 84 valence electrons. The lowest BCUT2D eigenvalue weighted by Crippen LogP contribution is -2.13. The van der Waals surface area contributed by atoms with E-state index in [4.69, 9.17) is 10.00 Å². The molecule has 1 aromatic carbocycles. The Labute approximate surface area is 98.4 Å². The van der Waals surface area contributed by atoms with Gasteiger partial charge in [0.1, 0.15) is 17.4 Å².